The van der Waals surface area contributed by atoms with E-state index in [1.807, 2.05) is 6.07 Å². The molecule has 3 nitrogen and oxygen atoms in total. The molecule has 22 heavy (non-hydrogen) atoms. The predicted molar refractivity (Wildman–Crippen MR) is 88.6 cm³/mol. The maximum atomic E-state index is 10.2. The average Bonchev–Trinajstić information content (AvgIpc) is 2.92. The summed E-state index contributed by atoms with van der Waals surface area (Å²) in [6, 6.07) is 21.2. The number of nitrogens with one attached hydrogen (secondary N) is 1. The fraction of sp³-hybridized carbons (Fsp3) is 0.263. The van der Waals surface area contributed by atoms with Crippen LogP contribution in [0.2, 0.25) is 0 Å². The van der Waals surface area contributed by atoms with Crippen LogP contribution in [0.25, 0.3) is 10.9 Å². The van der Waals surface area contributed by atoms with Gasteiger partial charge in [0.05, 0.1) is 12.1 Å². The molecule has 0 saturated carbocycles. The van der Waals surface area contributed by atoms with Crippen molar-refractivity contribution in [2.24, 2.45) is 0 Å². The number of benzene rings is 2. The van der Waals surface area contributed by atoms with Crippen molar-refractivity contribution in [2.45, 2.75) is 31.7 Å². The van der Waals surface area contributed by atoms with Crippen LogP contribution in [-0.2, 0) is 13.1 Å². The van der Waals surface area contributed by atoms with E-state index < -0.39 is 0 Å². The molecule has 0 fully saturated rings. The summed E-state index contributed by atoms with van der Waals surface area (Å²) in [5.74, 6) is 0. The van der Waals surface area contributed by atoms with Crippen LogP contribution in [0, 0.1) is 0 Å². The molecule has 1 aliphatic rings. The number of para-hydroxylation sites is 1. The van der Waals surface area contributed by atoms with E-state index in [0.717, 1.165) is 13.0 Å². The molecule has 0 aliphatic carbocycles. The first kappa shape index (κ1) is 13.6. The molecule has 112 valence electrons. The van der Waals surface area contributed by atoms with Crippen molar-refractivity contribution in [3.05, 3.63) is 71.9 Å². The van der Waals surface area contributed by atoms with Gasteiger partial charge in [-0.25, -0.2) is 0 Å². The maximum absolute atomic E-state index is 10.2. The minimum Gasteiger partial charge on any atom is -0.391 e. The first-order chi connectivity index (χ1) is 10.8. The quantitative estimate of drug-likeness (QED) is 0.777. The van der Waals surface area contributed by atoms with Crippen LogP contribution in [-0.4, -0.2) is 15.8 Å². The van der Waals surface area contributed by atoms with E-state index in [-0.39, 0.29) is 12.1 Å². The molecule has 3 heteroatoms. The molecular weight excluding hydrogens is 272 g/mol. The van der Waals surface area contributed by atoms with Gasteiger partial charge in [0.15, 0.2) is 0 Å². The molecule has 1 aromatic heterocycles. The summed E-state index contributed by atoms with van der Waals surface area (Å²) in [6.07, 6.45) is 0.472. The van der Waals surface area contributed by atoms with Gasteiger partial charge in [-0.05, 0) is 29.5 Å². The van der Waals surface area contributed by atoms with E-state index >= 15 is 0 Å². The van der Waals surface area contributed by atoms with Crippen LogP contribution in [0.15, 0.2) is 60.7 Å². The highest BCUT2D eigenvalue weighted by Crippen LogP contribution is 2.31. The number of hydrogen-bond acceptors (Lipinski definition) is 2. The summed E-state index contributed by atoms with van der Waals surface area (Å²) in [4.78, 5) is 0. The number of aliphatic hydroxyl groups is 1. The summed E-state index contributed by atoms with van der Waals surface area (Å²) in [7, 11) is 0. The fourth-order valence-corrected chi connectivity index (χ4v) is 3.43. The summed E-state index contributed by atoms with van der Waals surface area (Å²) in [5.41, 5.74) is 3.76. The molecule has 0 amide bonds. The van der Waals surface area contributed by atoms with Crippen LogP contribution in [0.1, 0.15) is 23.7 Å². The van der Waals surface area contributed by atoms with Gasteiger partial charge in [0.25, 0.3) is 0 Å². The summed E-state index contributed by atoms with van der Waals surface area (Å²) in [5, 5.41) is 15.1. The minimum atomic E-state index is -0.295. The molecule has 2 N–H and O–H groups in total. The molecule has 2 aromatic carbocycles. The number of rotatable bonds is 3. The van der Waals surface area contributed by atoms with Gasteiger partial charge in [0.1, 0.15) is 0 Å². The Bertz CT molecular complexity index is 778. The van der Waals surface area contributed by atoms with Crippen molar-refractivity contribution in [1.82, 2.24) is 9.88 Å². The Morgan fingerprint density at radius 1 is 1.05 bits per heavy atom. The van der Waals surface area contributed by atoms with Crippen molar-refractivity contribution < 1.29 is 5.11 Å². The van der Waals surface area contributed by atoms with Crippen LogP contribution in [0.3, 0.4) is 0 Å². The molecule has 0 radical (unpaired) electrons. The first-order valence-corrected chi connectivity index (χ1v) is 7.85. The van der Waals surface area contributed by atoms with E-state index in [1.165, 1.54) is 22.2 Å². The topological polar surface area (TPSA) is 37.2 Å². The SMILES string of the molecule is O[C@H]1C[C@@H](NCc2ccccc2)c2cc3ccccc3n2C1. The fourth-order valence-electron chi connectivity index (χ4n) is 3.43. The third-order valence-corrected chi connectivity index (χ3v) is 4.50. The van der Waals surface area contributed by atoms with Crippen LogP contribution in [0.5, 0.6) is 0 Å². The second-order valence-electron chi connectivity index (χ2n) is 6.05. The van der Waals surface area contributed by atoms with Crippen molar-refractivity contribution >= 4 is 10.9 Å². The molecule has 2 atom stereocenters. The van der Waals surface area contributed by atoms with Crippen LogP contribution in [0.4, 0.5) is 0 Å². The number of hydrogen-bond donors (Lipinski definition) is 2. The van der Waals surface area contributed by atoms with Gasteiger partial charge in [-0.3, -0.25) is 0 Å². The molecule has 1 aliphatic heterocycles. The maximum Gasteiger partial charge on any atom is 0.0738 e. The molecule has 0 saturated heterocycles. The Kier molecular flexibility index (Phi) is 3.45. The van der Waals surface area contributed by atoms with Crippen LogP contribution >= 0.6 is 0 Å². The van der Waals surface area contributed by atoms with E-state index in [2.05, 4.69) is 64.5 Å². The third-order valence-electron chi connectivity index (χ3n) is 4.50. The van der Waals surface area contributed by atoms with E-state index in [0.29, 0.717) is 6.54 Å². The average molecular weight is 292 g/mol. The monoisotopic (exact) mass is 292 g/mol. The van der Waals surface area contributed by atoms with Crippen molar-refractivity contribution in [3.63, 3.8) is 0 Å². The number of aromatic nitrogens is 1. The summed E-state index contributed by atoms with van der Waals surface area (Å²) in [6.45, 7) is 1.51. The zero-order valence-corrected chi connectivity index (χ0v) is 12.4. The predicted octanol–water partition coefficient (Wildman–Crippen LogP) is 3.24. The highest BCUT2D eigenvalue weighted by molar-refractivity contribution is 5.81. The summed E-state index contributed by atoms with van der Waals surface area (Å²) >= 11 is 0. The minimum absolute atomic E-state index is 0.191. The smallest absolute Gasteiger partial charge is 0.0738 e. The Balaban J connectivity index is 1.64. The normalized spacial score (nSPS) is 21.0. The van der Waals surface area contributed by atoms with Crippen molar-refractivity contribution in [3.8, 4) is 0 Å². The highest BCUT2D eigenvalue weighted by atomic mass is 16.3. The Hall–Kier alpha value is -2.10. The Morgan fingerprint density at radius 3 is 2.68 bits per heavy atom. The summed E-state index contributed by atoms with van der Waals surface area (Å²) < 4.78 is 2.26. The number of aliphatic hydroxyl groups excluding tert-OH is 1. The van der Waals surface area contributed by atoms with Crippen molar-refractivity contribution in [2.75, 3.05) is 0 Å². The van der Waals surface area contributed by atoms with Gasteiger partial charge in [0, 0.05) is 24.3 Å². The van der Waals surface area contributed by atoms with Crippen molar-refractivity contribution in [1.29, 1.82) is 0 Å². The lowest BCUT2D eigenvalue weighted by atomic mass is 10.0. The molecule has 4 rings (SSSR count). The van der Waals surface area contributed by atoms with Gasteiger partial charge < -0.3 is 15.0 Å². The Morgan fingerprint density at radius 2 is 1.82 bits per heavy atom. The number of nitrogens with zero attached hydrogens (tertiary/aromatic N) is 1. The first-order valence-electron chi connectivity index (χ1n) is 7.85. The second-order valence-corrected chi connectivity index (χ2v) is 6.05. The lowest BCUT2D eigenvalue weighted by molar-refractivity contribution is 0.113. The lowest BCUT2D eigenvalue weighted by Gasteiger charge is -2.30. The van der Waals surface area contributed by atoms with Gasteiger partial charge in [0.2, 0.25) is 0 Å². The lowest BCUT2D eigenvalue weighted by Crippen LogP contribution is -2.34. The number of fused-ring (bicyclic) bond motifs is 3. The van der Waals surface area contributed by atoms with Crippen LogP contribution < -0.4 is 5.32 Å². The molecule has 0 unspecified atom stereocenters. The van der Waals surface area contributed by atoms with E-state index in [4.69, 9.17) is 0 Å². The zero-order chi connectivity index (χ0) is 14.9. The molecule has 3 aromatic rings. The van der Waals surface area contributed by atoms with Gasteiger partial charge in [-0.15, -0.1) is 0 Å². The van der Waals surface area contributed by atoms with Gasteiger partial charge in [-0.1, -0.05) is 48.5 Å². The van der Waals surface area contributed by atoms with Gasteiger partial charge in [-0.2, -0.15) is 0 Å². The molecule has 2 heterocycles. The molecule has 0 spiro atoms. The zero-order valence-electron chi connectivity index (χ0n) is 12.4. The third kappa shape index (κ3) is 2.43. The van der Waals surface area contributed by atoms with E-state index in [9.17, 15) is 5.11 Å². The largest absolute Gasteiger partial charge is 0.391 e. The van der Waals surface area contributed by atoms with Gasteiger partial charge >= 0.3 is 0 Å². The standard InChI is InChI=1S/C19H20N2O/c22-16-11-17(20-12-14-6-2-1-3-7-14)19-10-15-8-4-5-9-18(15)21(19)13-16/h1-10,16-17,20,22H,11-13H2/t16-,17+/m0/s1. The molecule has 0 bridgehead atoms. The van der Waals surface area contributed by atoms with E-state index in [1.54, 1.807) is 0 Å². The highest BCUT2D eigenvalue weighted by Gasteiger charge is 2.27. The Labute approximate surface area is 130 Å². The second kappa shape index (κ2) is 5.59. The molecular formula is C19H20N2O.